The predicted octanol–water partition coefficient (Wildman–Crippen LogP) is 0.544. The number of hydrogen-bond donors (Lipinski definition) is 0. The summed E-state index contributed by atoms with van der Waals surface area (Å²) in [5.41, 5.74) is 0. The Balaban J connectivity index is 2.83. The summed E-state index contributed by atoms with van der Waals surface area (Å²) in [6, 6.07) is 5.28. The molecule has 1 aromatic heterocycles. The summed E-state index contributed by atoms with van der Waals surface area (Å²) in [6.07, 6.45) is 1.61. The molecule has 0 aliphatic rings. The minimum atomic E-state index is 0.438. The van der Waals surface area contributed by atoms with Crippen molar-refractivity contribution in [3.63, 3.8) is 0 Å². The van der Waals surface area contributed by atoms with Crippen LogP contribution in [0.4, 0.5) is 0 Å². The third-order valence-electron chi connectivity index (χ3n) is 0.759. The molecule has 0 spiro atoms. The molecule has 1 aromatic rings. The zero-order valence-corrected chi connectivity index (χ0v) is 4.24. The number of hydrogen-bond acceptors (Lipinski definition) is 2. The second kappa shape index (κ2) is 2.35. The van der Waals surface area contributed by atoms with E-state index in [-0.39, 0.29) is 0 Å². The maximum atomic E-state index is 4.79. The lowest BCUT2D eigenvalue weighted by molar-refractivity contribution is 0.588. The highest BCUT2D eigenvalue weighted by atomic mass is 16.4. The lowest BCUT2D eigenvalue weighted by atomic mass is 10.5. The molecule has 0 bridgehead atoms. The predicted molar refractivity (Wildman–Crippen MR) is 30.6 cm³/mol. The molecule has 0 aliphatic heterocycles. The molecule has 0 unspecified atom stereocenters. The molecule has 0 saturated heterocycles. The number of pyridine rings is 1. The molecule has 2 nitrogen and oxygen atoms in total. The van der Waals surface area contributed by atoms with E-state index in [2.05, 4.69) is 9.64 Å². The first-order chi connectivity index (χ1) is 3.93. The molecule has 0 fully saturated rings. The van der Waals surface area contributed by atoms with Crippen molar-refractivity contribution in [3.05, 3.63) is 24.4 Å². The molecule has 0 saturated carbocycles. The van der Waals surface area contributed by atoms with E-state index in [4.69, 9.17) is 8.05 Å². The largest absolute Gasteiger partial charge is 0.555 e. The fourth-order valence-corrected chi connectivity index (χ4v) is 0.417. The summed E-state index contributed by atoms with van der Waals surface area (Å²) in [6.45, 7) is 0. The van der Waals surface area contributed by atoms with Crippen LogP contribution < -0.4 is 4.65 Å². The molecule has 1 rings (SSSR count). The minimum Gasteiger partial charge on any atom is -0.555 e. The molecule has 2 radical (unpaired) electrons. The first-order valence-corrected chi connectivity index (χ1v) is 2.21. The van der Waals surface area contributed by atoms with Gasteiger partial charge in [-0.3, -0.25) is 0 Å². The topological polar surface area (TPSA) is 22.1 Å². The van der Waals surface area contributed by atoms with Crippen LogP contribution in [0.15, 0.2) is 24.4 Å². The van der Waals surface area contributed by atoms with Gasteiger partial charge in [0.15, 0.2) is 5.88 Å². The van der Waals surface area contributed by atoms with Gasteiger partial charge < -0.3 is 4.65 Å². The highest BCUT2D eigenvalue weighted by molar-refractivity contribution is 5.99. The van der Waals surface area contributed by atoms with Crippen LogP contribution in [0.1, 0.15) is 0 Å². The van der Waals surface area contributed by atoms with E-state index in [1.54, 1.807) is 24.4 Å². The Kier molecular flexibility index (Phi) is 1.52. The third kappa shape index (κ3) is 0.995. The van der Waals surface area contributed by atoms with Crippen molar-refractivity contribution < 1.29 is 4.65 Å². The van der Waals surface area contributed by atoms with Crippen LogP contribution in [0.5, 0.6) is 5.88 Å². The summed E-state index contributed by atoms with van der Waals surface area (Å²) < 4.78 is 4.30. The summed E-state index contributed by atoms with van der Waals surface area (Å²) in [4.78, 5) is 3.75. The second-order valence-corrected chi connectivity index (χ2v) is 1.29. The maximum Gasteiger partial charge on any atom is 0.376 e. The quantitative estimate of drug-likeness (QED) is 0.486. The lowest BCUT2D eigenvalue weighted by Gasteiger charge is -1.93. The fraction of sp³-hybridized carbons (Fsp3) is 0. The average molecular weight is 105 g/mol. The van der Waals surface area contributed by atoms with Gasteiger partial charge in [-0.25, -0.2) is 4.98 Å². The molecule has 0 atom stereocenters. The number of aromatic nitrogens is 1. The van der Waals surface area contributed by atoms with Gasteiger partial charge in [-0.15, -0.1) is 0 Å². The van der Waals surface area contributed by atoms with Crippen molar-refractivity contribution in [2.45, 2.75) is 0 Å². The Morgan fingerprint density at radius 3 is 2.75 bits per heavy atom. The summed E-state index contributed by atoms with van der Waals surface area (Å²) in [5.74, 6) is 0.438. The van der Waals surface area contributed by atoms with Crippen molar-refractivity contribution in [2.75, 3.05) is 0 Å². The highest BCUT2D eigenvalue weighted by Crippen LogP contribution is 1.99. The monoisotopic (exact) mass is 105 g/mol. The molecule has 0 N–H and O–H groups in total. The summed E-state index contributed by atoms with van der Waals surface area (Å²) >= 11 is 0. The van der Waals surface area contributed by atoms with Crippen LogP contribution in [0.25, 0.3) is 0 Å². The summed E-state index contributed by atoms with van der Waals surface area (Å²) in [7, 11) is 4.79. The van der Waals surface area contributed by atoms with Crippen LogP contribution in [0.3, 0.4) is 0 Å². The Bertz CT molecular complexity index is 154. The van der Waals surface area contributed by atoms with Crippen LogP contribution in [0.2, 0.25) is 0 Å². The standard InChI is InChI=1S/C5H4BNO/c6-8-5-3-1-2-4-7-5/h1-4H. The van der Waals surface area contributed by atoms with Crippen molar-refractivity contribution in [1.29, 1.82) is 0 Å². The molecular weight excluding hydrogens is 101 g/mol. The Hall–Kier alpha value is -0.985. The van der Waals surface area contributed by atoms with Gasteiger partial charge >= 0.3 is 8.05 Å². The van der Waals surface area contributed by atoms with Gasteiger partial charge in [-0.05, 0) is 12.1 Å². The summed E-state index contributed by atoms with van der Waals surface area (Å²) in [5, 5.41) is 0. The van der Waals surface area contributed by atoms with Crippen LogP contribution in [-0.2, 0) is 0 Å². The SMILES string of the molecule is [B]Oc1ccccn1. The normalized spacial score (nSPS) is 8.50. The molecule has 0 aromatic carbocycles. The lowest BCUT2D eigenvalue weighted by Crippen LogP contribution is -1.85. The fourth-order valence-electron chi connectivity index (χ4n) is 0.417. The van der Waals surface area contributed by atoms with Crippen molar-refractivity contribution in [3.8, 4) is 5.88 Å². The van der Waals surface area contributed by atoms with Crippen LogP contribution in [-0.4, -0.2) is 13.0 Å². The van der Waals surface area contributed by atoms with Gasteiger partial charge in [-0.1, -0.05) is 6.07 Å². The second-order valence-electron chi connectivity index (χ2n) is 1.29. The number of rotatable bonds is 1. The van der Waals surface area contributed by atoms with Gasteiger partial charge in [-0.2, -0.15) is 0 Å². The van der Waals surface area contributed by atoms with Gasteiger partial charge in [0.1, 0.15) is 0 Å². The smallest absolute Gasteiger partial charge is 0.376 e. The Morgan fingerprint density at radius 2 is 2.38 bits per heavy atom. The van der Waals surface area contributed by atoms with Crippen molar-refractivity contribution in [1.82, 2.24) is 4.98 Å². The Morgan fingerprint density at radius 1 is 1.50 bits per heavy atom. The molecule has 0 aliphatic carbocycles. The molecular formula is C5H4BNO. The molecule has 0 amide bonds. The molecule has 38 valence electrons. The van der Waals surface area contributed by atoms with E-state index in [0.29, 0.717) is 5.88 Å². The highest BCUT2D eigenvalue weighted by Gasteiger charge is 1.81. The van der Waals surface area contributed by atoms with E-state index >= 15 is 0 Å². The van der Waals surface area contributed by atoms with Crippen molar-refractivity contribution >= 4 is 8.05 Å². The van der Waals surface area contributed by atoms with Crippen LogP contribution in [0, 0.1) is 0 Å². The van der Waals surface area contributed by atoms with E-state index in [9.17, 15) is 0 Å². The number of nitrogens with zero attached hydrogens (tertiary/aromatic N) is 1. The van der Waals surface area contributed by atoms with Crippen LogP contribution >= 0.6 is 0 Å². The van der Waals surface area contributed by atoms with Gasteiger partial charge in [0.2, 0.25) is 0 Å². The van der Waals surface area contributed by atoms with E-state index in [0.717, 1.165) is 0 Å². The minimum absolute atomic E-state index is 0.438. The Labute approximate surface area is 49.0 Å². The molecule has 8 heavy (non-hydrogen) atoms. The maximum absolute atomic E-state index is 4.79. The first-order valence-electron chi connectivity index (χ1n) is 2.21. The van der Waals surface area contributed by atoms with Gasteiger partial charge in [0.05, 0.1) is 0 Å². The molecule has 3 heteroatoms. The van der Waals surface area contributed by atoms with E-state index in [1.165, 1.54) is 0 Å². The zero-order chi connectivity index (χ0) is 5.82. The first kappa shape index (κ1) is 5.16. The van der Waals surface area contributed by atoms with E-state index in [1.807, 2.05) is 0 Å². The van der Waals surface area contributed by atoms with Crippen molar-refractivity contribution in [2.24, 2.45) is 0 Å². The molecule has 1 heterocycles. The van der Waals surface area contributed by atoms with Gasteiger partial charge in [0.25, 0.3) is 0 Å². The van der Waals surface area contributed by atoms with E-state index < -0.39 is 0 Å². The van der Waals surface area contributed by atoms with Gasteiger partial charge in [0, 0.05) is 6.20 Å². The zero-order valence-electron chi connectivity index (χ0n) is 4.24. The third-order valence-corrected chi connectivity index (χ3v) is 0.759. The average Bonchev–Trinajstić information content (AvgIpc) is 1.90.